The van der Waals surface area contributed by atoms with Crippen LogP contribution in [0.3, 0.4) is 0 Å². The summed E-state index contributed by atoms with van der Waals surface area (Å²) in [6.07, 6.45) is 14.2. The Balaban J connectivity index is 2.19. The first-order chi connectivity index (χ1) is 11.0. The summed E-state index contributed by atoms with van der Waals surface area (Å²) in [7, 11) is 0. The van der Waals surface area contributed by atoms with Crippen LogP contribution in [0.15, 0.2) is 72.9 Å². The Bertz CT molecular complexity index is 697. The van der Waals surface area contributed by atoms with Gasteiger partial charge in [-0.05, 0) is 42.7 Å². The number of hydrogen-bond acceptors (Lipinski definition) is 1. The summed E-state index contributed by atoms with van der Waals surface area (Å²) < 4.78 is 0. The smallest absolute Gasteiger partial charge is 0.0346 e. The molecule has 120 valence electrons. The molecule has 0 unspecified atom stereocenters. The van der Waals surface area contributed by atoms with Crippen molar-refractivity contribution in [2.24, 2.45) is 0 Å². The van der Waals surface area contributed by atoms with Gasteiger partial charge in [-0.2, -0.15) is 0 Å². The zero-order valence-corrected chi connectivity index (χ0v) is 14.7. The molecule has 1 heteroatoms. The van der Waals surface area contributed by atoms with Crippen LogP contribution >= 0.6 is 0 Å². The number of allylic oxidation sites excluding steroid dienone is 8. The van der Waals surface area contributed by atoms with Crippen LogP contribution in [0.1, 0.15) is 38.8 Å². The van der Waals surface area contributed by atoms with Crippen LogP contribution in [-0.4, -0.2) is 6.54 Å². The fourth-order valence-electron chi connectivity index (χ4n) is 2.99. The Morgan fingerprint density at radius 2 is 1.96 bits per heavy atom. The third-order valence-corrected chi connectivity index (χ3v) is 4.58. The molecule has 0 saturated carbocycles. The van der Waals surface area contributed by atoms with Crippen LogP contribution in [0.4, 0.5) is 5.69 Å². The number of anilines is 1. The Labute approximate surface area is 140 Å². The van der Waals surface area contributed by atoms with Crippen molar-refractivity contribution in [2.45, 2.75) is 33.1 Å². The van der Waals surface area contributed by atoms with Gasteiger partial charge in [-0.25, -0.2) is 0 Å². The average Bonchev–Trinajstić information content (AvgIpc) is 2.72. The van der Waals surface area contributed by atoms with E-state index in [-0.39, 0.29) is 5.41 Å². The highest BCUT2D eigenvalue weighted by Gasteiger charge is 2.34. The summed E-state index contributed by atoms with van der Waals surface area (Å²) in [5, 5.41) is 3.47. The Morgan fingerprint density at radius 3 is 2.65 bits per heavy atom. The number of nitrogens with one attached hydrogen (secondary N) is 1. The van der Waals surface area contributed by atoms with Gasteiger partial charge in [-0.3, -0.25) is 0 Å². The van der Waals surface area contributed by atoms with Crippen LogP contribution in [-0.2, 0) is 5.41 Å². The van der Waals surface area contributed by atoms with E-state index in [4.69, 9.17) is 0 Å². The summed E-state index contributed by atoms with van der Waals surface area (Å²) >= 11 is 0. The topological polar surface area (TPSA) is 12.0 Å². The van der Waals surface area contributed by atoms with E-state index in [2.05, 4.69) is 76.0 Å². The van der Waals surface area contributed by atoms with Gasteiger partial charge >= 0.3 is 0 Å². The number of rotatable bonds is 6. The largest absolute Gasteiger partial charge is 0.382 e. The van der Waals surface area contributed by atoms with Gasteiger partial charge in [0.15, 0.2) is 0 Å². The van der Waals surface area contributed by atoms with E-state index in [1.54, 1.807) is 6.08 Å². The molecule has 0 aliphatic heterocycles. The van der Waals surface area contributed by atoms with Crippen molar-refractivity contribution in [3.05, 3.63) is 84.0 Å². The van der Waals surface area contributed by atoms with Gasteiger partial charge in [0, 0.05) is 17.6 Å². The van der Waals surface area contributed by atoms with Crippen LogP contribution < -0.4 is 5.32 Å². The summed E-state index contributed by atoms with van der Waals surface area (Å²) in [6.45, 7) is 13.4. The molecule has 23 heavy (non-hydrogen) atoms. The molecule has 0 aromatic heterocycles. The van der Waals surface area contributed by atoms with Crippen LogP contribution in [0.2, 0.25) is 0 Å². The number of benzene rings is 1. The molecule has 1 aliphatic carbocycles. The zero-order chi connectivity index (χ0) is 16.9. The molecule has 2 rings (SSSR count). The maximum absolute atomic E-state index is 3.65. The van der Waals surface area contributed by atoms with Crippen molar-refractivity contribution >= 4 is 11.3 Å². The van der Waals surface area contributed by atoms with Gasteiger partial charge in [-0.1, -0.05) is 74.6 Å². The minimum Gasteiger partial charge on any atom is -0.382 e. The number of fused-ring (bicyclic) bond motifs is 1. The molecule has 1 N–H and O–H groups in total. The highest BCUT2D eigenvalue weighted by molar-refractivity contribution is 5.86. The minimum atomic E-state index is 0.0877. The van der Waals surface area contributed by atoms with Crippen LogP contribution in [0, 0.1) is 0 Å². The molecule has 0 atom stereocenters. The molecule has 0 radical (unpaired) electrons. The highest BCUT2D eigenvalue weighted by Crippen LogP contribution is 2.47. The molecular formula is C22H27N. The van der Waals surface area contributed by atoms with E-state index >= 15 is 0 Å². The van der Waals surface area contributed by atoms with Gasteiger partial charge in [-0.15, -0.1) is 0 Å². The summed E-state index contributed by atoms with van der Waals surface area (Å²) in [5.41, 5.74) is 6.84. The first kappa shape index (κ1) is 17.1. The molecular weight excluding hydrogens is 278 g/mol. The van der Waals surface area contributed by atoms with Gasteiger partial charge in [0.25, 0.3) is 0 Å². The summed E-state index contributed by atoms with van der Waals surface area (Å²) in [4.78, 5) is 0. The second-order valence-corrected chi connectivity index (χ2v) is 6.35. The standard InChI is InChI=1S/C22H27N/c1-6-8-9-10-11-15-23-18-13-14-20-19(12-7-2)17(3)22(4,5)21(20)16-18/h6-14,16,23H,1,15H2,2-5H3/b9-8-,11-10-,12-7-. The second-order valence-electron chi connectivity index (χ2n) is 6.35. The molecule has 0 fully saturated rings. The lowest BCUT2D eigenvalue weighted by atomic mass is 9.82. The zero-order valence-electron chi connectivity index (χ0n) is 14.7. The van der Waals surface area contributed by atoms with E-state index in [0.29, 0.717) is 0 Å². The molecule has 0 saturated heterocycles. The molecule has 0 bridgehead atoms. The quantitative estimate of drug-likeness (QED) is 0.632. The molecule has 0 heterocycles. The summed E-state index contributed by atoms with van der Waals surface area (Å²) in [6, 6.07) is 6.71. The van der Waals surface area contributed by atoms with Crippen molar-refractivity contribution in [3.63, 3.8) is 0 Å². The Kier molecular flexibility index (Phi) is 5.44. The normalized spacial score (nSPS) is 16.7. The van der Waals surface area contributed by atoms with E-state index in [0.717, 1.165) is 6.54 Å². The number of hydrogen-bond donors (Lipinski definition) is 1. The maximum Gasteiger partial charge on any atom is 0.0346 e. The minimum absolute atomic E-state index is 0.0877. The van der Waals surface area contributed by atoms with Crippen molar-refractivity contribution in [1.82, 2.24) is 0 Å². The third-order valence-electron chi connectivity index (χ3n) is 4.58. The average molecular weight is 305 g/mol. The van der Waals surface area contributed by atoms with Gasteiger partial charge in [0.1, 0.15) is 0 Å². The van der Waals surface area contributed by atoms with Gasteiger partial charge < -0.3 is 5.32 Å². The molecule has 1 aromatic carbocycles. The Hall–Kier alpha value is -2.28. The first-order valence-electron chi connectivity index (χ1n) is 8.19. The van der Waals surface area contributed by atoms with E-state index in [9.17, 15) is 0 Å². The van der Waals surface area contributed by atoms with Gasteiger partial charge in [0.2, 0.25) is 0 Å². The van der Waals surface area contributed by atoms with E-state index < -0.39 is 0 Å². The predicted molar refractivity (Wildman–Crippen MR) is 104 cm³/mol. The predicted octanol–water partition coefficient (Wildman–Crippen LogP) is 6.04. The van der Waals surface area contributed by atoms with Crippen LogP contribution in [0.25, 0.3) is 5.57 Å². The lowest BCUT2D eigenvalue weighted by Crippen LogP contribution is -2.15. The van der Waals surface area contributed by atoms with Crippen LogP contribution in [0.5, 0.6) is 0 Å². The van der Waals surface area contributed by atoms with Crippen molar-refractivity contribution in [3.8, 4) is 0 Å². The lowest BCUT2D eigenvalue weighted by molar-refractivity contribution is 0.639. The SMILES string of the molecule is C=C/C=C\C=C/CNc1ccc2c(c1)C(C)(C)C(C)=C2/C=C\C. The van der Waals surface area contributed by atoms with Gasteiger partial charge in [0.05, 0.1) is 0 Å². The van der Waals surface area contributed by atoms with Crippen molar-refractivity contribution < 1.29 is 0 Å². The molecule has 0 amide bonds. The van der Waals surface area contributed by atoms with Crippen molar-refractivity contribution in [2.75, 3.05) is 11.9 Å². The highest BCUT2D eigenvalue weighted by atomic mass is 14.9. The third kappa shape index (κ3) is 3.56. The van der Waals surface area contributed by atoms with E-state index in [1.807, 2.05) is 18.2 Å². The fraction of sp³-hybridized carbons (Fsp3) is 0.273. The molecule has 0 spiro atoms. The lowest BCUT2D eigenvalue weighted by Gasteiger charge is -2.23. The van der Waals surface area contributed by atoms with Crippen molar-refractivity contribution in [1.29, 1.82) is 0 Å². The molecule has 1 aliphatic rings. The first-order valence-corrected chi connectivity index (χ1v) is 8.19. The second kappa shape index (κ2) is 7.32. The Morgan fingerprint density at radius 1 is 1.17 bits per heavy atom. The monoisotopic (exact) mass is 305 g/mol. The fourth-order valence-corrected chi connectivity index (χ4v) is 2.99. The maximum atomic E-state index is 3.65. The molecule has 1 nitrogen and oxygen atoms in total. The van der Waals surface area contributed by atoms with E-state index in [1.165, 1.54) is 28.0 Å². The molecule has 1 aromatic rings. The summed E-state index contributed by atoms with van der Waals surface area (Å²) in [5.74, 6) is 0.